The molecule has 0 N–H and O–H groups in total. The molecule has 1 aliphatic carbocycles. The number of alkyl halides is 6. The van der Waals surface area contributed by atoms with Gasteiger partial charge in [0.05, 0.1) is 13.0 Å². The fraction of sp³-hybridized carbons (Fsp3) is 1.00. The highest BCUT2D eigenvalue weighted by Gasteiger charge is 2.81. The second-order valence-corrected chi connectivity index (χ2v) is 8.54. The highest BCUT2D eigenvalue weighted by Crippen LogP contribution is 2.66. The monoisotopic (exact) mass is 360 g/mol. The Morgan fingerprint density at radius 1 is 1.19 bits per heavy atom. The molecule has 0 spiro atoms. The second kappa shape index (κ2) is 6.29. The largest absolute Gasteiger partial charge is 0.389 e. The first-order valence-electron chi connectivity index (χ1n) is 6.14. The van der Waals surface area contributed by atoms with Crippen LogP contribution < -0.4 is 0 Å². The van der Waals surface area contributed by atoms with E-state index in [1.54, 1.807) is 6.92 Å². The predicted molar refractivity (Wildman–Crippen MR) is 66.3 cm³/mol. The van der Waals surface area contributed by atoms with Crippen LogP contribution in [0.15, 0.2) is 0 Å². The van der Waals surface area contributed by atoms with Crippen molar-refractivity contribution in [3.63, 3.8) is 0 Å². The summed E-state index contributed by atoms with van der Waals surface area (Å²) in [5, 5.41) is 0. The zero-order chi connectivity index (χ0) is 16.5. The van der Waals surface area contributed by atoms with Crippen LogP contribution >= 0.6 is 18.2 Å². The van der Waals surface area contributed by atoms with E-state index in [1.807, 2.05) is 0 Å². The van der Waals surface area contributed by atoms with Crippen molar-refractivity contribution in [3.8, 4) is 0 Å². The van der Waals surface area contributed by atoms with Gasteiger partial charge in [-0.05, 0) is 24.7 Å². The van der Waals surface area contributed by atoms with E-state index in [4.69, 9.17) is 4.52 Å². The third-order valence-electron chi connectivity index (χ3n) is 2.72. The summed E-state index contributed by atoms with van der Waals surface area (Å²) in [7, 11) is 0. The van der Waals surface area contributed by atoms with Gasteiger partial charge in [-0.25, -0.2) is 4.57 Å². The van der Waals surface area contributed by atoms with Gasteiger partial charge in [0.1, 0.15) is 6.10 Å². The van der Waals surface area contributed by atoms with Crippen molar-refractivity contribution in [2.75, 3.05) is 12.4 Å². The zero-order valence-electron chi connectivity index (χ0n) is 11.3. The van der Waals surface area contributed by atoms with Crippen molar-refractivity contribution in [3.05, 3.63) is 0 Å². The quantitative estimate of drug-likeness (QED) is 0.474. The van der Waals surface area contributed by atoms with Gasteiger partial charge in [0, 0.05) is 5.75 Å². The van der Waals surface area contributed by atoms with Crippen LogP contribution in [-0.4, -0.2) is 36.2 Å². The van der Waals surface area contributed by atoms with Gasteiger partial charge in [-0.2, -0.15) is 26.3 Å². The van der Waals surface area contributed by atoms with Crippen molar-refractivity contribution >= 4 is 18.2 Å². The van der Waals surface area contributed by atoms with Gasteiger partial charge in [0.2, 0.25) is 0 Å². The number of hydrogen-bond donors (Lipinski definition) is 0. The Balaban J connectivity index is 2.97. The van der Waals surface area contributed by atoms with Gasteiger partial charge in [0.15, 0.2) is 0 Å². The first-order valence-corrected chi connectivity index (χ1v) is 9.28. The number of rotatable bonds is 7. The molecule has 0 aliphatic heterocycles. The average molecular weight is 360 g/mol. The van der Waals surface area contributed by atoms with E-state index < -0.39 is 37.1 Å². The lowest BCUT2D eigenvalue weighted by Crippen LogP contribution is -2.49. The summed E-state index contributed by atoms with van der Waals surface area (Å²) < 4.78 is 100. The molecule has 0 saturated heterocycles. The maximum absolute atomic E-state index is 13.4. The van der Waals surface area contributed by atoms with E-state index in [1.165, 1.54) is 6.92 Å². The van der Waals surface area contributed by atoms with Crippen LogP contribution in [0.2, 0.25) is 0 Å². The molecule has 0 radical (unpaired) electrons. The minimum Gasteiger partial charge on any atom is -0.301 e. The topological polar surface area (TPSA) is 35.5 Å². The van der Waals surface area contributed by atoms with Crippen molar-refractivity contribution in [2.45, 2.75) is 50.6 Å². The Morgan fingerprint density at radius 3 is 2.14 bits per heavy atom. The van der Waals surface area contributed by atoms with Crippen LogP contribution in [0, 0.1) is 0 Å². The fourth-order valence-electron chi connectivity index (χ4n) is 1.65. The van der Waals surface area contributed by atoms with E-state index in [9.17, 15) is 30.9 Å². The van der Waals surface area contributed by atoms with E-state index >= 15 is 0 Å². The van der Waals surface area contributed by atoms with Crippen LogP contribution in [0.1, 0.15) is 26.7 Å². The van der Waals surface area contributed by atoms with Crippen LogP contribution in [0.25, 0.3) is 0 Å². The minimum absolute atomic E-state index is 0.183. The highest BCUT2D eigenvalue weighted by atomic mass is 32.7. The van der Waals surface area contributed by atoms with Crippen LogP contribution in [0.3, 0.4) is 0 Å². The van der Waals surface area contributed by atoms with Crippen LogP contribution in [-0.2, 0) is 13.6 Å². The van der Waals surface area contributed by atoms with Gasteiger partial charge in [-0.3, -0.25) is 4.52 Å². The van der Waals surface area contributed by atoms with E-state index in [-0.39, 0.29) is 12.4 Å². The van der Waals surface area contributed by atoms with Crippen molar-refractivity contribution in [1.29, 1.82) is 0 Å². The minimum atomic E-state index is -5.56. The number of halogens is 6. The maximum Gasteiger partial charge on any atom is 0.389 e. The molecule has 1 fully saturated rings. The summed E-state index contributed by atoms with van der Waals surface area (Å²) in [6.07, 6.45) is -4.31. The number of hydrogen-bond acceptors (Lipinski definition) is 4. The van der Waals surface area contributed by atoms with Gasteiger partial charge in [-0.15, -0.1) is 0 Å². The third-order valence-corrected chi connectivity index (χ3v) is 6.79. The molecule has 0 amide bonds. The second-order valence-electron chi connectivity index (χ2n) is 4.40. The molecule has 2 atom stereocenters. The van der Waals surface area contributed by atoms with Crippen molar-refractivity contribution in [2.24, 2.45) is 0 Å². The molecule has 11 heteroatoms. The SMILES string of the molecule is CCCSP(=O)(OCC)OC1CC(F)(F)C(F)(F)C1(F)F. The Morgan fingerprint density at radius 2 is 1.76 bits per heavy atom. The molecule has 0 aromatic heterocycles. The normalized spacial score (nSPS) is 29.2. The first-order chi connectivity index (χ1) is 9.43. The van der Waals surface area contributed by atoms with Crippen molar-refractivity contribution in [1.82, 2.24) is 0 Å². The van der Waals surface area contributed by atoms with Gasteiger partial charge in [0.25, 0.3) is 0 Å². The zero-order valence-corrected chi connectivity index (χ0v) is 13.0. The molecule has 1 aliphatic rings. The molecule has 2 unspecified atom stereocenters. The summed E-state index contributed by atoms with van der Waals surface area (Å²) in [6, 6.07) is 0. The van der Waals surface area contributed by atoms with E-state index in [0.717, 1.165) is 0 Å². The first kappa shape index (κ1) is 19.1. The fourth-order valence-corrected chi connectivity index (χ4v) is 5.34. The Labute approximate surface area is 122 Å². The van der Waals surface area contributed by atoms with Crippen LogP contribution in [0.4, 0.5) is 26.3 Å². The molecule has 3 nitrogen and oxygen atoms in total. The summed E-state index contributed by atoms with van der Waals surface area (Å²) >= 11 is 0.524. The smallest absolute Gasteiger partial charge is 0.301 e. The Bertz CT molecular complexity index is 420. The van der Waals surface area contributed by atoms with E-state index in [0.29, 0.717) is 17.8 Å². The lowest BCUT2D eigenvalue weighted by Gasteiger charge is -2.26. The van der Waals surface area contributed by atoms with Gasteiger partial charge < -0.3 is 4.52 Å². The Hall–Kier alpha value is 0.0800. The molecule has 21 heavy (non-hydrogen) atoms. The molecule has 1 rings (SSSR count). The maximum atomic E-state index is 13.4. The van der Waals surface area contributed by atoms with Gasteiger partial charge >= 0.3 is 24.6 Å². The molecule has 0 aromatic rings. The molecular weight excluding hydrogens is 345 g/mol. The molecule has 126 valence electrons. The molecule has 0 aromatic carbocycles. The molecule has 1 saturated carbocycles. The molecular formula is C10H15F6O3PS. The Kier molecular flexibility index (Phi) is 5.73. The average Bonchev–Trinajstić information content (AvgIpc) is 2.45. The lowest BCUT2D eigenvalue weighted by molar-refractivity contribution is -0.279. The van der Waals surface area contributed by atoms with Crippen molar-refractivity contribution < 1.29 is 40.0 Å². The third kappa shape index (κ3) is 3.54. The summed E-state index contributed by atoms with van der Waals surface area (Å²) in [5.74, 6) is -15.4. The predicted octanol–water partition coefficient (Wildman–Crippen LogP) is 4.97. The lowest BCUT2D eigenvalue weighted by atomic mass is 10.2. The summed E-state index contributed by atoms with van der Waals surface area (Å²) in [5.41, 5.74) is 0. The summed E-state index contributed by atoms with van der Waals surface area (Å²) in [4.78, 5) is 0. The van der Waals surface area contributed by atoms with E-state index in [2.05, 4.69) is 4.52 Å². The standard InChI is InChI=1S/C10H15F6O3PS/c1-3-5-21-20(17,18-4-2)19-7-6-8(11,12)10(15,16)9(7,13)14/h7H,3-6H2,1-2H3. The van der Waals surface area contributed by atoms with Gasteiger partial charge in [-0.1, -0.05) is 6.92 Å². The highest BCUT2D eigenvalue weighted by molar-refractivity contribution is 8.55. The molecule has 0 heterocycles. The van der Waals surface area contributed by atoms with Crippen LogP contribution in [0.5, 0.6) is 0 Å². The molecule has 0 bridgehead atoms. The summed E-state index contributed by atoms with van der Waals surface area (Å²) in [6.45, 7) is -1.33.